The molecule has 0 N–H and O–H groups in total. The van der Waals surface area contributed by atoms with E-state index in [0.717, 1.165) is 10.8 Å². The van der Waals surface area contributed by atoms with Gasteiger partial charge in [-0.1, -0.05) is 24.3 Å². The average molecular weight is 308 g/mol. The lowest BCUT2D eigenvalue weighted by Crippen LogP contribution is -2.61. The van der Waals surface area contributed by atoms with Gasteiger partial charge >= 0.3 is 0 Å². The van der Waals surface area contributed by atoms with E-state index < -0.39 is 0 Å². The average Bonchev–Trinajstić information content (AvgIpc) is 2.58. The van der Waals surface area contributed by atoms with Crippen LogP contribution >= 0.6 is 0 Å². The fourth-order valence-electron chi connectivity index (χ4n) is 4.65. The quantitative estimate of drug-likeness (QED) is 0.806. The first-order chi connectivity index (χ1) is 11.1. The fourth-order valence-corrected chi connectivity index (χ4v) is 4.65. The summed E-state index contributed by atoms with van der Waals surface area (Å²) in [7, 11) is 0. The Morgan fingerprint density at radius 1 is 1.22 bits per heavy atom. The first-order valence-electron chi connectivity index (χ1n) is 8.69. The summed E-state index contributed by atoms with van der Waals surface area (Å²) in [6.07, 6.45) is 4.93. The number of nitrogens with zero attached hydrogens (tertiary/aromatic N) is 2. The number of aromatic nitrogens is 1. The van der Waals surface area contributed by atoms with Crippen LogP contribution in [0.25, 0.3) is 10.8 Å². The molecule has 0 aliphatic carbocycles. The van der Waals surface area contributed by atoms with Gasteiger partial charge in [0.05, 0.1) is 0 Å². The van der Waals surface area contributed by atoms with E-state index in [-0.39, 0.29) is 11.3 Å². The van der Waals surface area contributed by atoms with E-state index in [1.165, 1.54) is 25.9 Å². The van der Waals surface area contributed by atoms with E-state index in [9.17, 15) is 4.79 Å². The highest BCUT2D eigenvalue weighted by Gasteiger charge is 2.47. The van der Waals surface area contributed by atoms with Gasteiger partial charge in [0.25, 0.3) is 0 Å². The van der Waals surface area contributed by atoms with E-state index >= 15 is 0 Å². The highest BCUT2D eigenvalue weighted by atomic mass is 16.1. The monoisotopic (exact) mass is 308 g/mol. The van der Waals surface area contributed by atoms with Crippen molar-refractivity contribution in [3.63, 3.8) is 0 Å². The van der Waals surface area contributed by atoms with Crippen LogP contribution in [-0.4, -0.2) is 34.3 Å². The number of carbonyl (C=O) groups excluding carboxylic acids is 1. The Kier molecular flexibility index (Phi) is 3.49. The maximum Gasteiger partial charge on any atom is 0.181 e. The molecule has 1 aromatic carbocycles. The number of fused-ring (bicyclic) bond motifs is 4. The van der Waals surface area contributed by atoms with Crippen molar-refractivity contribution in [3.8, 4) is 0 Å². The predicted octanol–water partition coefficient (Wildman–Crippen LogP) is 3.93. The van der Waals surface area contributed by atoms with E-state index in [4.69, 9.17) is 0 Å². The topological polar surface area (TPSA) is 33.2 Å². The number of pyridine rings is 1. The molecular formula is C20H24N2O. The Hall–Kier alpha value is -1.74. The number of hydrogen-bond acceptors (Lipinski definition) is 3. The highest BCUT2D eigenvalue weighted by molar-refractivity contribution is 5.98. The molecule has 3 nitrogen and oxygen atoms in total. The molecule has 0 radical (unpaired) electrons. The molecule has 1 aromatic heterocycles. The summed E-state index contributed by atoms with van der Waals surface area (Å²) >= 11 is 0. The van der Waals surface area contributed by atoms with Crippen LogP contribution in [0.15, 0.2) is 36.5 Å². The minimum absolute atomic E-state index is 0.133. The lowest BCUT2D eigenvalue weighted by atomic mass is 9.65. The number of benzene rings is 1. The Balaban J connectivity index is 1.59. The minimum Gasteiger partial charge on any atom is -0.298 e. The fraction of sp³-hybridized carbons (Fsp3) is 0.500. The number of ketones is 1. The van der Waals surface area contributed by atoms with Gasteiger partial charge in [-0.2, -0.15) is 0 Å². The van der Waals surface area contributed by atoms with Crippen LogP contribution in [0, 0.1) is 11.8 Å². The van der Waals surface area contributed by atoms with Crippen LogP contribution < -0.4 is 0 Å². The molecule has 0 unspecified atom stereocenters. The smallest absolute Gasteiger partial charge is 0.181 e. The number of hydrogen-bond donors (Lipinski definition) is 0. The lowest BCUT2D eigenvalue weighted by Gasteiger charge is -2.56. The zero-order valence-corrected chi connectivity index (χ0v) is 14.0. The van der Waals surface area contributed by atoms with Gasteiger partial charge in [0, 0.05) is 23.5 Å². The molecule has 23 heavy (non-hydrogen) atoms. The van der Waals surface area contributed by atoms with Crippen LogP contribution in [0.5, 0.6) is 0 Å². The van der Waals surface area contributed by atoms with Gasteiger partial charge in [0.1, 0.15) is 5.69 Å². The molecule has 2 aromatic rings. The van der Waals surface area contributed by atoms with Gasteiger partial charge in [-0.3, -0.25) is 14.7 Å². The Morgan fingerprint density at radius 2 is 1.91 bits per heavy atom. The van der Waals surface area contributed by atoms with Crippen LogP contribution in [0.1, 0.15) is 43.6 Å². The molecule has 3 fully saturated rings. The largest absolute Gasteiger partial charge is 0.298 e. The van der Waals surface area contributed by atoms with E-state index in [1.54, 1.807) is 0 Å². The first kappa shape index (κ1) is 14.8. The molecule has 4 heterocycles. The van der Waals surface area contributed by atoms with Crippen LogP contribution in [0.2, 0.25) is 0 Å². The molecule has 3 heteroatoms. The molecule has 0 spiro atoms. The van der Waals surface area contributed by atoms with Gasteiger partial charge in [-0.05, 0) is 63.1 Å². The van der Waals surface area contributed by atoms with Crippen LogP contribution in [-0.2, 0) is 0 Å². The zero-order valence-electron chi connectivity index (χ0n) is 14.0. The minimum atomic E-state index is 0.133. The zero-order chi connectivity index (χ0) is 16.0. The van der Waals surface area contributed by atoms with Gasteiger partial charge in [-0.25, -0.2) is 0 Å². The molecule has 3 aliphatic rings. The maximum atomic E-state index is 12.8. The van der Waals surface area contributed by atoms with Crippen molar-refractivity contribution in [2.45, 2.75) is 38.6 Å². The number of rotatable bonds is 3. The molecule has 1 atom stereocenters. The summed E-state index contributed by atoms with van der Waals surface area (Å²) < 4.78 is 0. The molecule has 3 saturated heterocycles. The second kappa shape index (κ2) is 5.41. The van der Waals surface area contributed by atoms with Gasteiger partial charge in [0.15, 0.2) is 5.78 Å². The summed E-state index contributed by atoms with van der Waals surface area (Å²) in [6.45, 7) is 7.00. The van der Waals surface area contributed by atoms with E-state index in [2.05, 4.69) is 23.7 Å². The van der Waals surface area contributed by atoms with Gasteiger partial charge in [0.2, 0.25) is 0 Å². The summed E-state index contributed by atoms with van der Waals surface area (Å²) in [4.78, 5) is 19.8. The summed E-state index contributed by atoms with van der Waals surface area (Å²) in [6, 6.07) is 10.0. The van der Waals surface area contributed by atoms with Crippen molar-refractivity contribution in [3.05, 3.63) is 42.2 Å². The third-order valence-electron chi connectivity index (χ3n) is 6.15. The van der Waals surface area contributed by atoms with Gasteiger partial charge in [-0.15, -0.1) is 0 Å². The van der Waals surface area contributed by atoms with Crippen LogP contribution in [0.4, 0.5) is 0 Å². The SMILES string of the molecule is CC1(C)[C@H](CC(=O)c2cc3ccccc3cn2)C2CCN1CC2. The molecule has 0 amide bonds. The second-order valence-electron chi connectivity index (χ2n) is 7.63. The highest BCUT2D eigenvalue weighted by Crippen LogP contribution is 2.45. The van der Waals surface area contributed by atoms with Gasteiger partial charge < -0.3 is 0 Å². The van der Waals surface area contributed by atoms with Crippen molar-refractivity contribution in [2.75, 3.05) is 13.1 Å². The molecule has 3 aliphatic heterocycles. The first-order valence-corrected chi connectivity index (χ1v) is 8.69. The molecular weight excluding hydrogens is 284 g/mol. The number of piperidine rings is 3. The molecule has 2 bridgehead atoms. The Bertz CT molecular complexity index is 744. The summed E-state index contributed by atoms with van der Waals surface area (Å²) in [5, 5.41) is 2.19. The van der Waals surface area contributed by atoms with Crippen molar-refractivity contribution < 1.29 is 4.79 Å². The summed E-state index contributed by atoms with van der Waals surface area (Å²) in [5.74, 6) is 1.34. The standard InChI is InChI=1S/C20H24N2O/c1-20(2)17(14-7-9-22(20)10-8-14)12-19(23)18-11-15-5-3-4-6-16(15)13-21-18/h3-6,11,13-14,17H,7-10,12H2,1-2H3/t17-/m1/s1. The molecule has 120 valence electrons. The summed E-state index contributed by atoms with van der Waals surface area (Å²) in [5.41, 5.74) is 0.754. The normalized spacial score (nSPS) is 28.9. The van der Waals surface area contributed by atoms with E-state index in [1.807, 2.05) is 36.5 Å². The predicted molar refractivity (Wildman–Crippen MR) is 92.6 cm³/mol. The Labute approximate surface area is 137 Å². The van der Waals surface area contributed by atoms with Crippen LogP contribution in [0.3, 0.4) is 0 Å². The number of Topliss-reactive ketones (excluding diaryl/α,β-unsaturated/α-hetero) is 1. The van der Waals surface area contributed by atoms with E-state index in [0.29, 0.717) is 24.0 Å². The molecule has 0 saturated carbocycles. The maximum absolute atomic E-state index is 12.8. The molecule has 5 rings (SSSR count). The van der Waals surface area contributed by atoms with Crippen molar-refractivity contribution in [1.82, 2.24) is 9.88 Å². The van der Waals surface area contributed by atoms with Crippen molar-refractivity contribution in [2.24, 2.45) is 11.8 Å². The second-order valence-corrected chi connectivity index (χ2v) is 7.63. The third-order valence-corrected chi connectivity index (χ3v) is 6.15. The third kappa shape index (κ3) is 2.47. The number of carbonyl (C=O) groups is 1. The Morgan fingerprint density at radius 3 is 2.61 bits per heavy atom. The lowest BCUT2D eigenvalue weighted by molar-refractivity contribution is -0.0644. The van der Waals surface area contributed by atoms with Crippen molar-refractivity contribution in [1.29, 1.82) is 0 Å². The van der Waals surface area contributed by atoms with Crippen molar-refractivity contribution >= 4 is 16.6 Å².